The summed E-state index contributed by atoms with van der Waals surface area (Å²) >= 11 is 1.55. The number of hydrogen-bond acceptors (Lipinski definition) is 4. The van der Waals surface area contributed by atoms with Gasteiger partial charge in [0, 0.05) is 29.2 Å². The molecule has 1 aromatic heterocycles. The van der Waals surface area contributed by atoms with E-state index in [4.69, 9.17) is 0 Å². The van der Waals surface area contributed by atoms with Gasteiger partial charge in [0.2, 0.25) is 5.91 Å². The van der Waals surface area contributed by atoms with Crippen molar-refractivity contribution in [2.45, 2.75) is 33.2 Å². The summed E-state index contributed by atoms with van der Waals surface area (Å²) in [6.45, 7) is 5.98. The van der Waals surface area contributed by atoms with Crippen LogP contribution in [0.25, 0.3) is 10.6 Å². The molecule has 0 fully saturated rings. The molecular weight excluding hydrogens is 322 g/mol. The summed E-state index contributed by atoms with van der Waals surface area (Å²) < 4.78 is 0. The van der Waals surface area contributed by atoms with E-state index in [0.717, 1.165) is 16.3 Å². The van der Waals surface area contributed by atoms with Crippen molar-refractivity contribution in [3.05, 3.63) is 40.9 Å². The number of carbonyl (C=O) groups excluding carboxylic acids is 2. The number of rotatable bonds is 6. The molecule has 0 saturated heterocycles. The van der Waals surface area contributed by atoms with Crippen LogP contribution in [0.1, 0.15) is 36.3 Å². The fraction of sp³-hybridized carbons (Fsp3) is 0.389. The van der Waals surface area contributed by atoms with Crippen molar-refractivity contribution in [3.8, 4) is 10.6 Å². The van der Waals surface area contributed by atoms with E-state index in [0.29, 0.717) is 17.9 Å². The van der Waals surface area contributed by atoms with Crippen LogP contribution in [-0.4, -0.2) is 29.9 Å². The number of amides is 2. The van der Waals surface area contributed by atoms with Gasteiger partial charge < -0.3 is 10.6 Å². The van der Waals surface area contributed by atoms with Crippen molar-refractivity contribution in [1.29, 1.82) is 0 Å². The third-order valence-corrected chi connectivity index (χ3v) is 4.58. The summed E-state index contributed by atoms with van der Waals surface area (Å²) in [5.41, 5.74) is 2.39. The molecule has 1 heterocycles. The highest BCUT2D eigenvalue weighted by molar-refractivity contribution is 7.13. The number of hydrogen-bond donors (Lipinski definition) is 2. The van der Waals surface area contributed by atoms with Gasteiger partial charge in [-0.15, -0.1) is 11.3 Å². The predicted octanol–water partition coefficient (Wildman–Crippen LogP) is 3.01. The molecule has 2 amide bonds. The van der Waals surface area contributed by atoms with Gasteiger partial charge in [0.25, 0.3) is 5.91 Å². The lowest BCUT2D eigenvalue weighted by Crippen LogP contribution is -2.46. The molecule has 1 aromatic carbocycles. The first kappa shape index (κ1) is 18.1. The molecule has 2 aromatic rings. The zero-order valence-corrected chi connectivity index (χ0v) is 15.2. The molecule has 0 saturated carbocycles. The van der Waals surface area contributed by atoms with Crippen LogP contribution in [0.4, 0.5) is 0 Å². The maximum atomic E-state index is 12.5. The summed E-state index contributed by atoms with van der Waals surface area (Å²) in [7, 11) is 1.58. The van der Waals surface area contributed by atoms with Gasteiger partial charge in [0.15, 0.2) is 0 Å². The van der Waals surface area contributed by atoms with Gasteiger partial charge in [-0.2, -0.15) is 0 Å². The molecular formula is C18H23N3O2S. The molecule has 128 valence electrons. The topological polar surface area (TPSA) is 71.1 Å². The monoisotopic (exact) mass is 345 g/mol. The largest absolute Gasteiger partial charge is 0.357 e. The van der Waals surface area contributed by atoms with Crippen molar-refractivity contribution in [2.75, 3.05) is 7.05 Å². The van der Waals surface area contributed by atoms with E-state index in [1.165, 1.54) is 0 Å². The Bertz CT molecular complexity index is 725. The van der Waals surface area contributed by atoms with Crippen molar-refractivity contribution in [2.24, 2.45) is 5.92 Å². The van der Waals surface area contributed by atoms with Crippen molar-refractivity contribution >= 4 is 23.2 Å². The lowest BCUT2D eigenvalue weighted by atomic mass is 10.0. The van der Waals surface area contributed by atoms with Crippen LogP contribution >= 0.6 is 11.3 Å². The fourth-order valence-electron chi connectivity index (χ4n) is 2.40. The molecule has 6 heteroatoms. The highest BCUT2D eigenvalue weighted by Crippen LogP contribution is 2.24. The van der Waals surface area contributed by atoms with Crippen molar-refractivity contribution in [3.63, 3.8) is 0 Å². The Hall–Kier alpha value is -2.21. The quantitative estimate of drug-likeness (QED) is 0.845. The number of thiazole rings is 1. The molecule has 24 heavy (non-hydrogen) atoms. The number of aromatic nitrogens is 1. The maximum Gasteiger partial charge on any atom is 0.251 e. The molecule has 2 rings (SSSR count). The van der Waals surface area contributed by atoms with E-state index < -0.39 is 6.04 Å². The normalized spacial score (nSPS) is 12.0. The van der Waals surface area contributed by atoms with E-state index in [1.807, 2.05) is 44.4 Å². The van der Waals surface area contributed by atoms with Crippen LogP contribution in [0.2, 0.25) is 0 Å². The Labute approximate surface area is 146 Å². The molecule has 0 aliphatic carbocycles. The Balaban J connectivity index is 2.18. The molecule has 0 aliphatic heterocycles. The van der Waals surface area contributed by atoms with Gasteiger partial charge in [0.05, 0.1) is 0 Å². The third kappa shape index (κ3) is 4.64. The molecule has 2 N–H and O–H groups in total. The van der Waals surface area contributed by atoms with E-state index in [1.54, 1.807) is 24.5 Å². The Morgan fingerprint density at radius 3 is 2.62 bits per heavy atom. The summed E-state index contributed by atoms with van der Waals surface area (Å²) in [6.07, 6.45) is 0.594. The second-order valence-corrected chi connectivity index (χ2v) is 7.00. The van der Waals surface area contributed by atoms with Crippen LogP contribution < -0.4 is 10.6 Å². The van der Waals surface area contributed by atoms with Gasteiger partial charge in [-0.1, -0.05) is 26.0 Å². The van der Waals surface area contributed by atoms with E-state index in [-0.39, 0.29) is 11.8 Å². The minimum atomic E-state index is -0.534. The van der Waals surface area contributed by atoms with E-state index in [2.05, 4.69) is 15.6 Å². The molecule has 0 unspecified atom stereocenters. The Kier molecular flexibility index (Phi) is 6.09. The first-order valence-corrected chi connectivity index (χ1v) is 8.83. The summed E-state index contributed by atoms with van der Waals surface area (Å²) in [4.78, 5) is 29.0. The van der Waals surface area contributed by atoms with Crippen LogP contribution in [0.3, 0.4) is 0 Å². The molecule has 5 nitrogen and oxygen atoms in total. The summed E-state index contributed by atoms with van der Waals surface area (Å²) in [6, 6.07) is 6.78. The minimum absolute atomic E-state index is 0.177. The second-order valence-electron chi connectivity index (χ2n) is 6.14. The standard InChI is InChI=1S/C18H23N3O2S/c1-11(2)8-15(17(23)19-4)21-16(22)13-6-5-7-14(9-13)18-20-12(3)10-24-18/h5-7,9-11,15H,8H2,1-4H3,(H,19,23)(H,21,22)/t15-/m1/s1. The smallest absolute Gasteiger partial charge is 0.251 e. The number of aryl methyl sites for hydroxylation is 1. The Morgan fingerprint density at radius 1 is 1.29 bits per heavy atom. The average Bonchev–Trinajstić information content (AvgIpc) is 2.99. The van der Waals surface area contributed by atoms with Gasteiger partial charge in [-0.3, -0.25) is 9.59 Å². The fourth-order valence-corrected chi connectivity index (χ4v) is 3.19. The van der Waals surface area contributed by atoms with Crippen LogP contribution in [0.15, 0.2) is 29.6 Å². The van der Waals surface area contributed by atoms with Crippen LogP contribution in [0, 0.1) is 12.8 Å². The Morgan fingerprint density at radius 2 is 2.04 bits per heavy atom. The number of carbonyl (C=O) groups is 2. The zero-order valence-electron chi connectivity index (χ0n) is 14.4. The second kappa shape index (κ2) is 8.06. The van der Waals surface area contributed by atoms with Crippen LogP contribution in [-0.2, 0) is 4.79 Å². The number of nitrogens with zero attached hydrogens (tertiary/aromatic N) is 1. The summed E-state index contributed by atoms with van der Waals surface area (Å²) in [5.74, 6) is -0.125. The zero-order chi connectivity index (χ0) is 17.7. The maximum absolute atomic E-state index is 12.5. The minimum Gasteiger partial charge on any atom is -0.357 e. The number of benzene rings is 1. The average molecular weight is 345 g/mol. The number of nitrogens with one attached hydrogen (secondary N) is 2. The predicted molar refractivity (Wildman–Crippen MR) is 97.1 cm³/mol. The molecule has 0 bridgehead atoms. The molecule has 0 spiro atoms. The highest BCUT2D eigenvalue weighted by atomic mass is 32.1. The van der Waals surface area contributed by atoms with Gasteiger partial charge in [-0.05, 0) is 31.4 Å². The lowest BCUT2D eigenvalue weighted by molar-refractivity contribution is -0.122. The lowest BCUT2D eigenvalue weighted by Gasteiger charge is -2.19. The third-order valence-electron chi connectivity index (χ3n) is 3.57. The van der Waals surface area contributed by atoms with Crippen molar-refractivity contribution < 1.29 is 9.59 Å². The van der Waals surface area contributed by atoms with Crippen molar-refractivity contribution in [1.82, 2.24) is 15.6 Å². The van der Waals surface area contributed by atoms with E-state index in [9.17, 15) is 9.59 Å². The van der Waals surface area contributed by atoms with E-state index >= 15 is 0 Å². The summed E-state index contributed by atoms with van der Waals surface area (Å²) in [5, 5.41) is 8.30. The van der Waals surface area contributed by atoms with Gasteiger partial charge in [-0.25, -0.2) is 4.98 Å². The van der Waals surface area contributed by atoms with Crippen LogP contribution in [0.5, 0.6) is 0 Å². The first-order chi connectivity index (χ1) is 11.4. The van der Waals surface area contributed by atoms with Gasteiger partial charge in [0.1, 0.15) is 11.0 Å². The molecule has 0 aliphatic rings. The molecule has 0 radical (unpaired) electrons. The van der Waals surface area contributed by atoms with Gasteiger partial charge >= 0.3 is 0 Å². The highest BCUT2D eigenvalue weighted by Gasteiger charge is 2.21. The SMILES string of the molecule is CNC(=O)[C@@H](CC(C)C)NC(=O)c1cccc(-c2nc(C)cs2)c1. The number of likely N-dealkylation sites (N-methyl/N-ethyl adjacent to an activating group) is 1. The first-order valence-electron chi connectivity index (χ1n) is 7.95. The molecule has 1 atom stereocenters.